The minimum atomic E-state index is -0.974. The SMILES string of the molecule is Cc1oc2cc(OC(=O)CN3C(=O)N[C@@]4(CCCC[C@@H]4C)C3=O)ccc2c(=O)c1-c1c(F)cccc1Cl. The number of benzene rings is 2. The Balaban J connectivity index is 1.38. The van der Waals surface area contributed by atoms with Crippen LogP contribution in [0.1, 0.15) is 38.4 Å². The predicted molar refractivity (Wildman–Crippen MR) is 134 cm³/mol. The summed E-state index contributed by atoms with van der Waals surface area (Å²) in [6.45, 7) is 2.89. The number of rotatable bonds is 4. The van der Waals surface area contributed by atoms with Crippen LogP contribution in [0, 0.1) is 18.7 Å². The number of ether oxygens (including phenoxy) is 1. The first-order chi connectivity index (χ1) is 17.6. The molecule has 0 unspecified atom stereocenters. The van der Waals surface area contributed by atoms with Crippen molar-refractivity contribution in [3.8, 4) is 16.9 Å². The van der Waals surface area contributed by atoms with E-state index in [2.05, 4.69) is 5.32 Å². The molecule has 1 aromatic heterocycles. The van der Waals surface area contributed by atoms with Gasteiger partial charge in [0.15, 0.2) is 0 Å². The highest BCUT2D eigenvalue weighted by molar-refractivity contribution is 6.33. The Kier molecular flexibility index (Phi) is 6.27. The van der Waals surface area contributed by atoms with Gasteiger partial charge in [-0.2, -0.15) is 0 Å². The quantitative estimate of drug-likeness (QED) is 0.292. The van der Waals surface area contributed by atoms with Crippen LogP contribution in [-0.4, -0.2) is 34.9 Å². The molecular weight excluding hydrogens is 503 g/mol. The zero-order valence-electron chi connectivity index (χ0n) is 20.2. The van der Waals surface area contributed by atoms with Crippen LogP contribution in [0.4, 0.5) is 9.18 Å². The fraction of sp³-hybridized carbons (Fsp3) is 0.333. The van der Waals surface area contributed by atoms with E-state index in [-0.39, 0.29) is 44.5 Å². The molecule has 2 heterocycles. The van der Waals surface area contributed by atoms with Crippen molar-refractivity contribution in [2.24, 2.45) is 5.92 Å². The van der Waals surface area contributed by atoms with E-state index in [4.69, 9.17) is 20.8 Å². The Morgan fingerprint density at radius 1 is 1.22 bits per heavy atom. The Bertz CT molecular complexity index is 1500. The highest BCUT2D eigenvalue weighted by Gasteiger charge is 2.55. The molecule has 3 amide bonds. The van der Waals surface area contributed by atoms with E-state index in [1.165, 1.54) is 43.3 Å². The number of amides is 3. The maximum Gasteiger partial charge on any atom is 0.331 e. The molecule has 2 atom stereocenters. The minimum Gasteiger partial charge on any atom is -0.460 e. The third-order valence-corrected chi connectivity index (χ3v) is 7.59. The number of nitrogens with zero attached hydrogens (tertiary/aromatic N) is 1. The topological polar surface area (TPSA) is 106 Å². The summed E-state index contributed by atoms with van der Waals surface area (Å²) >= 11 is 6.15. The van der Waals surface area contributed by atoms with Crippen LogP contribution in [0.25, 0.3) is 22.1 Å². The summed E-state index contributed by atoms with van der Waals surface area (Å²) in [7, 11) is 0. The van der Waals surface area contributed by atoms with Crippen molar-refractivity contribution in [3.63, 3.8) is 0 Å². The molecule has 2 aromatic carbocycles. The molecule has 1 saturated carbocycles. The van der Waals surface area contributed by atoms with Crippen LogP contribution in [0.5, 0.6) is 5.75 Å². The molecule has 5 rings (SSSR count). The zero-order valence-corrected chi connectivity index (χ0v) is 21.0. The standard InChI is InChI=1S/C27H24ClFN2O6/c1-14-6-3-4-11-27(14)25(34)31(26(35)30-27)13-21(32)37-16-9-10-17-20(12-16)36-15(2)22(24(17)33)23-18(28)7-5-8-19(23)29/h5,7-10,12,14H,3-4,6,11,13H2,1-2H3,(H,30,35)/t14-,27+/m0/s1. The van der Waals surface area contributed by atoms with Crippen molar-refractivity contribution in [3.05, 3.63) is 63.2 Å². The lowest BCUT2D eigenvalue weighted by molar-refractivity contribution is -0.142. The number of aryl methyl sites for hydroxylation is 1. The van der Waals surface area contributed by atoms with Crippen molar-refractivity contribution < 1.29 is 27.9 Å². The number of carbonyl (C=O) groups excluding carboxylic acids is 3. The lowest BCUT2D eigenvalue weighted by Crippen LogP contribution is -2.54. The first-order valence-corrected chi connectivity index (χ1v) is 12.4. The fourth-order valence-corrected chi connectivity index (χ4v) is 5.56. The van der Waals surface area contributed by atoms with Gasteiger partial charge in [0.25, 0.3) is 5.91 Å². The number of nitrogens with one attached hydrogen (secondary N) is 1. The van der Waals surface area contributed by atoms with Crippen molar-refractivity contribution >= 4 is 40.5 Å². The number of esters is 1. The van der Waals surface area contributed by atoms with Crippen LogP contribution in [0.2, 0.25) is 5.02 Å². The molecule has 2 fully saturated rings. The zero-order chi connectivity index (χ0) is 26.5. The van der Waals surface area contributed by atoms with Crippen LogP contribution in [-0.2, 0) is 9.59 Å². The Hall–Kier alpha value is -3.72. The Labute approximate surface area is 216 Å². The minimum absolute atomic E-state index is 0.00442. The molecule has 1 N–H and O–H groups in total. The van der Waals surface area contributed by atoms with Crippen molar-refractivity contribution in [2.75, 3.05) is 6.54 Å². The third kappa shape index (κ3) is 4.17. The van der Waals surface area contributed by atoms with Gasteiger partial charge in [-0.25, -0.2) is 14.0 Å². The van der Waals surface area contributed by atoms with Gasteiger partial charge in [0, 0.05) is 11.6 Å². The molecule has 37 heavy (non-hydrogen) atoms. The molecule has 8 nitrogen and oxygen atoms in total. The summed E-state index contributed by atoms with van der Waals surface area (Å²) in [6.07, 6.45) is 3.16. The van der Waals surface area contributed by atoms with Gasteiger partial charge in [-0.05, 0) is 49.9 Å². The van der Waals surface area contributed by atoms with Crippen molar-refractivity contribution in [2.45, 2.75) is 45.1 Å². The van der Waals surface area contributed by atoms with E-state index in [9.17, 15) is 23.6 Å². The first-order valence-electron chi connectivity index (χ1n) is 12.0. The molecule has 2 aliphatic rings. The summed E-state index contributed by atoms with van der Waals surface area (Å²) in [5.41, 5.74) is -1.39. The van der Waals surface area contributed by atoms with Gasteiger partial charge in [-0.1, -0.05) is 37.4 Å². The maximum absolute atomic E-state index is 14.5. The van der Waals surface area contributed by atoms with Crippen LogP contribution >= 0.6 is 11.6 Å². The highest BCUT2D eigenvalue weighted by atomic mass is 35.5. The molecule has 1 aliphatic heterocycles. The molecule has 1 spiro atoms. The van der Waals surface area contributed by atoms with Crippen LogP contribution < -0.4 is 15.5 Å². The maximum atomic E-state index is 14.5. The van der Waals surface area contributed by atoms with Crippen LogP contribution in [0.3, 0.4) is 0 Å². The predicted octanol–water partition coefficient (Wildman–Crippen LogP) is 4.97. The second kappa shape index (κ2) is 9.30. The molecule has 1 aliphatic carbocycles. The number of carbonyl (C=O) groups is 3. The summed E-state index contributed by atoms with van der Waals surface area (Å²) in [4.78, 5) is 52.3. The van der Waals surface area contributed by atoms with Gasteiger partial charge in [0.2, 0.25) is 5.43 Å². The van der Waals surface area contributed by atoms with Crippen molar-refractivity contribution in [1.29, 1.82) is 0 Å². The summed E-state index contributed by atoms with van der Waals surface area (Å²) < 4.78 is 25.6. The average molecular weight is 527 g/mol. The van der Waals surface area contributed by atoms with Crippen LogP contribution in [0.15, 0.2) is 45.6 Å². The third-order valence-electron chi connectivity index (χ3n) is 7.27. The molecule has 1 saturated heterocycles. The smallest absolute Gasteiger partial charge is 0.331 e. The first kappa shape index (κ1) is 25.0. The lowest BCUT2D eigenvalue weighted by atomic mass is 9.73. The van der Waals surface area contributed by atoms with Gasteiger partial charge < -0.3 is 14.5 Å². The highest BCUT2D eigenvalue weighted by Crippen LogP contribution is 2.38. The van der Waals surface area contributed by atoms with E-state index >= 15 is 0 Å². The number of fused-ring (bicyclic) bond motifs is 1. The Morgan fingerprint density at radius 3 is 2.73 bits per heavy atom. The van der Waals surface area contributed by atoms with Gasteiger partial charge in [-0.3, -0.25) is 14.5 Å². The largest absolute Gasteiger partial charge is 0.460 e. The fourth-order valence-electron chi connectivity index (χ4n) is 5.31. The molecule has 0 radical (unpaired) electrons. The molecule has 0 bridgehead atoms. The van der Waals surface area contributed by atoms with Gasteiger partial charge in [0.05, 0.1) is 16.0 Å². The van der Waals surface area contributed by atoms with E-state index in [1.54, 1.807) is 0 Å². The van der Waals surface area contributed by atoms with Crippen molar-refractivity contribution in [1.82, 2.24) is 10.2 Å². The summed E-state index contributed by atoms with van der Waals surface area (Å²) in [5.74, 6) is -1.73. The number of imide groups is 1. The summed E-state index contributed by atoms with van der Waals surface area (Å²) in [6, 6.07) is 7.64. The number of hydrogen-bond donors (Lipinski definition) is 1. The monoisotopic (exact) mass is 526 g/mol. The summed E-state index contributed by atoms with van der Waals surface area (Å²) in [5, 5.41) is 3.01. The van der Waals surface area contributed by atoms with E-state index in [0.29, 0.717) is 6.42 Å². The molecule has 10 heteroatoms. The molecule has 192 valence electrons. The molecule has 3 aromatic rings. The number of urea groups is 1. The number of hydrogen-bond acceptors (Lipinski definition) is 6. The number of halogens is 2. The lowest BCUT2D eigenvalue weighted by Gasteiger charge is -2.36. The van der Waals surface area contributed by atoms with Gasteiger partial charge in [0.1, 0.15) is 35.0 Å². The van der Waals surface area contributed by atoms with Gasteiger partial charge >= 0.3 is 12.0 Å². The second-order valence-electron chi connectivity index (χ2n) is 9.53. The Morgan fingerprint density at radius 2 is 2.00 bits per heavy atom. The second-order valence-corrected chi connectivity index (χ2v) is 9.94. The van der Waals surface area contributed by atoms with E-state index in [1.807, 2.05) is 6.92 Å². The average Bonchev–Trinajstić information content (AvgIpc) is 3.07. The van der Waals surface area contributed by atoms with E-state index < -0.39 is 41.2 Å². The normalized spacial score (nSPS) is 21.5. The van der Waals surface area contributed by atoms with E-state index in [0.717, 1.165) is 24.2 Å². The van der Waals surface area contributed by atoms with Gasteiger partial charge in [-0.15, -0.1) is 0 Å². The molecular formula is C27H24ClFN2O6.